The molecular formula is C9H18N2O3. The number of rotatable bonds is 6. The maximum atomic E-state index is 11.2. The van der Waals surface area contributed by atoms with Crippen molar-refractivity contribution in [3.05, 3.63) is 0 Å². The SMILES string of the molecule is COCCNC(=O)COC1(C)CNC1. The van der Waals surface area contributed by atoms with Crippen molar-refractivity contribution in [3.63, 3.8) is 0 Å². The van der Waals surface area contributed by atoms with Crippen LogP contribution >= 0.6 is 0 Å². The number of hydrogen-bond acceptors (Lipinski definition) is 4. The van der Waals surface area contributed by atoms with Crippen LogP contribution in [-0.2, 0) is 14.3 Å². The van der Waals surface area contributed by atoms with Crippen LogP contribution in [0.3, 0.4) is 0 Å². The summed E-state index contributed by atoms with van der Waals surface area (Å²) in [5.74, 6) is -0.0878. The highest BCUT2D eigenvalue weighted by molar-refractivity contribution is 5.77. The molecule has 1 aliphatic heterocycles. The first-order valence-electron chi connectivity index (χ1n) is 4.77. The quantitative estimate of drug-likeness (QED) is 0.550. The van der Waals surface area contributed by atoms with E-state index in [9.17, 15) is 4.79 Å². The molecule has 0 saturated carbocycles. The van der Waals surface area contributed by atoms with Gasteiger partial charge in [0.1, 0.15) is 6.61 Å². The molecule has 0 bridgehead atoms. The first kappa shape index (κ1) is 11.4. The number of amides is 1. The fourth-order valence-electron chi connectivity index (χ4n) is 1.16. The van der Waals surface area contributed by atoms with Gasteiger partial charge < -0.3 is 20.1 Å². The Kier molecular flexibility index (Phi) is 4.31. The molecule has 2 N–H and O–H groups in total. The van der Waals surface area contributed by atoms with Gasteiger partial charge in [0.25, 0.3) is 0 Å². The minimum Gasteiger partial charge on any atom is -0.383 e. The number of carbonyl (C=O) groups is 1. The highest BCUT2D eigenvalue weighted by Gasteiger charge is 2.32. The lowest BCUT2D eigenvalue weighted by Crippen LogP contribution is -2.59. The summed E-state index contributed by atoms with van der Waals surface area (Å²) in [4.78, 5) is 11.2. The van der Waals surface area contributed by atoms with E-state index >= 15 is 0 Å². The first-order valence-corrected chi connectivity index (χ1v) is 4.77. The van der Waals surface area contributed by atoms with Crippen LogP contribution in [0.4, 0.5) is 0 Å². The fraction of sp³-hybridized carbons (Fsp3) is 0.889. The van der Waals surface area contributed by atoms with E-state index in [1.807, 2.05) is 6.92 Å². The molecule has 0 aliphatic carbocycles. The molecule has 5 heteroatoms. The lowest BCUT2D eigenvalue weighted by atomic mass is 10.0. The number of nitrogens with one attached hydrogen (secondary N) is 2. The van der Waals surface area contributed by atoms with Crippen LogP contribution in [0.2, 0.25) is 0 Å². The smallest absolute Gasteiger partial charge is 0.246 e. The summed E-state index contributed by atoms with van der Waals surface area (Å²) in [5.41, 5.74) is -0.154. The predicted octanol–water partition coefficient (Wildman–Crippen LogP) is -0.872. The second kappa shape index (κ2) is 5.29. The molecule has 1 saturated heterocycles. The minimum atomic E-state index is -0.154. The van der Waals surface area contributed by atoms with Gasteiger partial charge in [-0.3, -0.25) is 4.79 Å². The Balaban J connectivity index is 2.03. The molecule has 1 fully saturated rings. The van der Waals surface area contributed by atoms with E-state index in [4.69, 9.17) is 9.47 Å². The van der Waals surface area contributed by atoms with Gasteiger partial charge >= 0.3 is 0 Å². The van der Waals surface area contributed by atoms with Gasteiger partial charge in [-0.1, -0.05) is 0 Å². The highest BCUT2D eigenvalue weighted by atomic mass is 16.5. The van der Waals surface area contributed by atoms with Gasteiger partial charge in [0.15, 0.2) is 0 Å². The maximum absolute atomic E-state index is 11.2. The number of methoxy groups -OCH3 is 1. The van der Waals surface area contributed by atoms with Gasteiger partial charge in [-0.15, -0.1) is 0 Å². The van der Waals surface area contributed by atoms with Gasteiger partial charge in [-0.05, 0) is 6.92 Å². The topological polar surface area (TPSA) is 59.6 Å². The molecule has 0 atom stereocenters. The molecule has 0 aromatic heterocycles. The Morgan fingerprint density at radius 1 is 1.57 bits per heavy atom. The Bertz CT molecular complexity index is 192. The summed E-state index contributed by atoms with van der Waals surface area (Å²) in [6.45, 7) is 4.82. The number of carbonyl (C=O) groups excluding carboxylic acids is 1. The average molecular weight is 202 g/mol. The predicted molar refractivity (Wildman–Crippen MR) is 52.1 cm³/mol. The van der Waals surface area contributed by atoms with E-state index in [1.165, 1.54) is 0 Å². The van der Waals surface area contributed by atoms with Crippen LogP contribution in [0.5, 0.6) is 0 Å². The second-order valence-electron chi connectivity index (χ2n) is 3.68. The molecule has 0 aromatic carbocycles. The molecular weight excluding hydrogens is 184 g/mol. The molecule has 14 heavy (non-hydrogen) atoms. The van der Waals surface area contributed by atoms with E-state index in [0.717, 1.165) is 13.1 Å². The normalized spacial score (nSPS) is 18.7. The second-order valence-corrected chi connectivity index (χ2v) is 3.68. The number of ether oxygens (including phenoxy) is 2. The van der Waals surface area contributed by atoms with Crippen LogP contribution in [0.15, 0.2) is 0 Å². The maximum Gasteiger partial charge on any atom is 0.246 e. The van der Waals surface area contributed by atoms with E-state index in [0.29, 0.717) is 13.2 Å². The van der Waals surface area contributed by atoms with Crippen molar-refractivity contribution in [3.8, 4) is 0 Å². The van der Waals surface area contributed by atoms with Crippen molar-refractivity contribution >= 4 is 5.91 Å². The van der Waals surface area contributed by atoms with Crippen molar-refractivity contribution in [2.45, 2.75) is 12.5 Å². The molecule has 5 nitrogen and oxygen atoms in total. The molecule has 0 spiro atoms. The Morgan fingerprint density at radius 3 is 2.79 bits per heavy atom. The monoisotopic (exact) mass is 202 g/mol. The zero-order valence-corrected chi connectivity index (χ0v) is 8.76. The fourth-order valence-corrected chi connectivity index (χ4v) is 1.16. The third-order valence-corrected chi connectivity index (χ3v) is 2.18. The van der Waals surface area contributed by atoms with E-state index in [1.54, 1.807) is 7.11 Å². The zero-order chi connectivity index (χ0) is 10.4. The summed E-state index contributed by atoms with van der Waals surface area (Å²) in [6, 6.07) is 0. The summed E-state index contributed by atoms with van der Waals surface area (Å²) < 4.78 is 10.2. The lowest BCUT2D eigenvalue weighted by molar-refractivity contribution is -0.136. The Labute approximate surface area is 84.1 Å². The molecule has 82 valence electrons. The third kappa shape index (κ3) is 3.61. The molecule has 1 aliphatic rings. The Morgan fingerprint density at radius 2 is 2.29 bits per heavy atom. The minimum absolute atomic E-state index is 0.0878. The largest absolute Gasteiger partial charge is 0.383 e. The Hall–Kier alpha value is -0.650. The van der Waals surface area contributed by atoms with E-state index < -0.39 is 0 Å². The van der Waals surface area contributed by atoms with Crippen molar-refractivity contribution in [2.75, 3.05) is 40.0 Å². The zero-order valence-electron chi connectivity index (χ0n) is 8.76. The summed E-state index contributed by atoms with van der Waals surface area (Å²) in [7, 11) is 1.60. The van der Waals surface area contributed by atoms with Gasteiger partial charge in [0.2, 0.25) is 5.91 Å². The van der Waals surface area contributed by atoms with Crippen molar-refractivity contribution < 1.29 is 14.3 Å². The average Bonchev–Trinajstić information content (AvgIpc) is 2.12. The number of hydrogen-bond donors (Lipinski definition) is 2. The summed E-state index contributed by atoms with van der Waals surface area (Å²) >= 11 is 0. The first-order chi connectivity index (χ1) is 6.66. The summed E-state index contributed by atoms with van der Waals surface area (Å²) in [6.07, 6.45) is 0. The van der Waals surface area contributed by atoms with Crippen LogP contribution in [-0.4, -0.2) is 51.5 Å². The van der Waals surface area contributed by atoms with Crippen LogP contribution in [0, 0.1) is 0 Å². The highest BCUT2D eigenvalue weighted by Crippen LogP contribution is 2.14. The van der Waals surface area contributed by atoms with Gasteiger partial charge in [-0.2, -0.15) is 0 Å². The third-order valence-electron chi connectivity index (χ3n) is 2.18. The lowest BCUT2D eigenvalue weighted by Gasteiger charge is -2.38. The van der Waals surface area contributed by atoms with E-state index in [-0.39, 0.29) is 18.1 Å². The van der Waals surface area contributed by atoms with Gasteiger partial charge in [0, 0.05) is 26.7 Å². The summed E-state index contributed by atoms with van der Waals surface area (Å²) in [5, 5.41) is 5.80. The van der Waals surface area contributed by atoms with Crippen LogP contribution < -0.4 is 10.6 Å². The molecule has 1 amide bonds. The van der Waals surface area contributed by atoms with Crippen molar-refractivity contribution in [1.82, 2.24) is 10.6 Å². The molecule has 0 unspecified atom stereocenters. The van der Waals surface area contributed by atoms with Crippen LogP contribution in [0.1, 0.15) is 6.92 Å². The molecule has 1 heterocycles. The van der Waals surface area contributed by atoms with Gasteiger partial charge in [-0.25, -0.2) is 0 Å². The van der Waals surface area contributed by atoms with Crippen LogP contribution in [0.25, 0.3) is 0 Å². The standard InChI is InChI=1S/C9H18N2O3/c1-9(6-10-7-9)14-5-8(12)11-3-4-13-2/h10H,3-7H2,1-2H3,(H,11,12). The molecule has 0 aromatic rings. The van der Waals surface area contributed by atoms with E-state index in [2.05, 4.69) is 10.6 Å². The molecule has 0 radical (unpaired) electrons. The van der Waals surface area contributed by atoms with Crippen molar-refractivity contribution in [1.29, 1.82) is 0 Å². The van der Waals surface area contributed by atoms with Crippen molar-refractivity contribution in [2.24, 2.45) is 0 Å². The van der Waals surface area contributed by atoms with Gasteiger partial charge in [0.05, 0.1) is 12.2 Å². The molecule has 1 rings (SSSR count).